The Labute approximate surface area is 127 Å². The quantitative estimate of drug-likeness (QED) is 0.821. The molecule has 2 aromatic rings. The van der Waals surface area contributed by atoms with Crippen molar-refractivity contribution in [1.29, 1.82) is 0 Å². The Morgan fingerprint density at radius 3 is 2.84 bits per heavy atom. The molecule has 0 aliphatic rings. The third kappa shape index (κ3) is 3.40. The van der Waals surface area contributed by atoms with Gasteiger partial charge in [0.05, 0.1) is 3.57 Å². The van der Waals surface area contributed by atoms with E-state index in [0.717, 1.165) is 40.2 Å². The number of pyridine rings is 1. The van der Waals surface area contributed by atoms with E-state index >= 15 is 0 Å². The van der Waals surface area contributed by atoms with Crippen molar-refractivity contribution >= 4 is 28.4 Å². The molecular weight excluding hydrogens is 351 g/mol. The third-order valence-electron chi connectivity index (χ3n) is 2.81. The number of hydrogen-bond donors (Lipinski definition) is 1. The van der Waals surface area contributed by atoms with Gasteiger partial charge in [0, 0.05) is 30.7 Å². The Balaban J connectivity index is 2.39. The molecule has 0 amide bonds. The van der Waals surface area contributed by atoms with Gasteiger partial charge in [0.25, 0.3) is 0 Å². The summed E-state index contributed by atoms with van der Waals surface area (Å²) < 4.78 is 1.04. The normalized spacial score (nSPS) is 10.5. The molecule has 0 radical (unpaired) electrons. The van der Waals surface area contributed by atoms with Crippen LogP contribution < -0.4 is 5.32 Å². The van der Waals surface area contributed by atoms with Gasteiger partial charge in [-0.15, -0.1) is 0 Å². The van der Waals surface area contributed by atoms with Gasteiger partial charge in [0.15, 0.2) is 5.82 Å². The minimum Gasteiger partial charge on any atom is -0.369 e. The molecular formula is C14H17IN4. The molecule has 0 atom stereocenters. The van der Waals surface area contributed by atoms with E-state index in [2.05, 4.69) is 56.7 Å². The predicted molar refractivity (Wildman–Crippen MR) is 86.1 cm³/mol. The lowest BCUT2D eigenvalue weighted by molar-refractivity contribution is 0.962. The third-order valence-corrected chi connectivity index (χ3v) is 3.60. The van der Waals surface area contributed by atoms with Gasteiger partial charge in [-0.1, -0.05) is 13.8 Å². The fourth-order valence-electron chi connectivity index (χ4n) is 1.79. The Kier molecular flexibility index (Phi) is 5.07. The van der Waals surface area contributed by atoms with Crippen LogP contribution in [0.25, 0.3) is 11.4 Å². The smallest absolute Gasteiger partial charge is 0.161 e. The average molecular weight is 368 g/mol. The molecule has 4 nitrogen and oxygen atoms in total. The van der Waals surface area contributed by atoms with Gasteiger partial charge in [0.1, 0.15) is 5.82 Å². The summed E-state index contributed by atoms with van der Waals surface area (Å²) in [5.41, 5.74) is 2.23. The Morgan fingerprint density at radius 1 is 1.26 bits per heavy atom. The van der Waals surface area contributed by atoms with Crippen molar-refractivity contribution in [3.8, 4) is 11.4 Å². The molecule has 0 aliphatic carbocycles. The predicted octanol–water partition coefficient (Wildman–Crippen LogP) is 3.53. The van der Waals surface area contributed by atoms with Crippen LogP contribution in [0.5, 0.6) is 0 Å². The molecule has 19 heavy (non-hydrogen) atoms. The van der Waals surface area contributed by atoms with Gasteiger partial charge < -0.3 is 5.32 Å². The average Bonchev–Trinajstić information content (AvgIpc) is 2.46. The van der Waals surface area contributed by atoms with Crippen LogP contribution in [0.15, 0.2) is 24.7 Å². The van der Waals surface area contributed by atoms with Crippen molar-refractivity contribution in [2.45, 2.75) is 26.7 Å². The summed E-state index contributed by atoms with van der Waals surface area (Å²) in [7, 11) is 0. The van der Waals surface area contributed by atoms with E-state index in [1.165, 1.54) is 5.56 Å². The number of nitrogens with one attached hydrogen (secondary N) is 1. The van der Waals surface area contributed by atoms with Gasteiger partial charge in [-0.2, -0.15) is 0 Å². The number of rotatable bonds is 5. The van der Waals surface area contributed by atoms with E-state index in [4.69, 9.17) is 0 Å². The minimum atomic E-state index is 0.762. The van der Waals surface area contributed by atoms with Crippen LogP contribution in [0.4, 0.5) is 5.82 Å². The molecule has 2 aromatic heterocycles. The Hall–Kier alpha value is -1.24. The van der Waals surface area contributed by atoms with E-state index in [9.17, 15) is 0 Å². The van der Waals surface area contributed by atoms with Gasteiger partial charge in [0.2, 0.25) is 0 Å². The number of hydrogen-bond acceptors (Lipinski definition) is 4. The van der Waals surface area contributed by atoms with Gasteiger partial charge in [-0.05, 0) is 47.1 Å². The lowest BCUT2D eigenvalue weighted by atomic mass is 10.1. The first-order valence-corrected chi connectivity index (χ1v) is 7.53. The van der Waals surface area contributed by atoms with Crippen LogP contribution in [0.1, 0.15) is 25.8 Å². The second kappa shape index (κ2) is 6.79. The fraction of sp³-hybridized carbons (Fsp3) is 0.357. The zero-order chi connectivity index (χ0) is 13.7. The van der Waals surface area contributed by atoms with Crippen LogP contribution >= 0.6 is 22.6 Å². The molecule has 0 spiro atoms. The van der Waals surface area contributed by atoms with Gasteiger partial charge in [-0.25, -0.2) is 9.97 Å². The van der Waals surface area contributed by atoms with Crippen molar-refractivity contribution in [1.82, 2.24) is 15.0 Å². The molecule has 0 aromatic carbocycles. The molecule has 0 saturated carbocycles. The van der Waals surface area contributed by atoms with Crippen molar-refractivity contribution < 1.29 is 0 Å². The molecule has 100 valence electrons. The number of aromatic nitrogens is 3. The maximum absolute atomic E-state index is 4.63. The summed E-state index contributed by atoms with van der Waals surface area (Å²) in [5.74, 6) is 1.67. The summed E-state index contributed by atoms with van der Waals surface area (Å²) in [6.45, 7) is 5.17. The SMILES string of the molecule is CCCNc1nc(-c2ccncc2CC)ncc1I. The monoisotopic (exact) mass is 368 g/mol. The molecule has 0 fully saturated rings. The van der Waals surface area contributed by atoms with Crippen LogP contribution in [0, 0.1) is 3.57 Å². The van der Waals surface area contributed by atoms with Crippen LogP contribution in [-0.2, 0) is 6.42 Å². The number of aryl methyl sites for hydroxylation is 1. The highest BCUT2D eigenvalue weighted by molar-refractivity contribution is 14.1. The van der Waals surface area contributed by atoms with Crippen LogP contribution in [-0.4, -0.2) is 21.5 Å². The maximum Gasteiger partial charge on any atom is 0.161 e. The molecule has 5 heteroatoms. The van der Waals surface area contributed by atoms with Crippen molar-refractivity contribution in [3.05, 3.63) is 33.8 Å². The lowest BCUT2D eigenvalue weighted by Crippen LogP contribution is -2.06. The van der Waals surface area contributed by atoms with Gasteiger partial charge in [-0.3, -0.25) is 4.98 Å². The zero-order valence-electron chi connectivity index (χ0n) is 11.2. The summed E-state index contributed by atoms with van der Waals surface area (Å²) in [6.07, 6.45) is 7.53. The molecule has 2 heterocycles. The van der Waals surface area contributed by atoms with E-state index < -0.39 is 0 Å². The first-order valence-electron chi connectivity index (χ1n) is 6.46. The standard InChI is InChI=1S/C14H17IN4/c1-3-6-17-14-12(15)9-18-13(19-14)11-5-7-16-8-10(11)4-2/h5,7-9H,3-4,6H2,1-2H3,(H,17,18,19). The molecule has 2 rings (SSSR count). The van der Waals surface area contributed by atoms with Crippen LogP contribution in [0.3, 0.4) is 0 Å². The Morgan fingerprint density at radius 2 is 2.11 bits per heavy atom. The van der Waals surface area contributed by atoms with E-state index in [-0.39, 0.29) is 0 Å². The van der Waals surface area contributed by atoms with Crippen molar-refractivity contribution in [2.24, 2.45) is 0 Å². The molecule has 0 aliphatic heterocycles. The fourth-order valence-corrected chi connectivity index (χ4v) is 2.24. The summed E-state index contributed by atoms with van der Waals surface area (Å²) in [5, 5.41) is 3.34. The van der Waals surface area contributed by atoms with E-state index in [1.807, 2.05) is 18.5 Å². The number of nitrogens with zero attached hydrogens (tertiary/aromatic N) is 3. The van der Waals surface area contributed by atoms with Crippen LogP contribution in [0.2, 0.25) is 0 Å². The molecule has 1 N–H and O–H groups in total. The zero-order valence-corrected chi connectivity index (χ0v) is 13.3. The first-order chi connectivity index (χ1) is 9.26. The maximum atomic E-state index is 4.63. The summed E-state index contributed by atoms with van der Waals surface area (Å²) in [6, 6.07) is 1.98. The first kappa shape index (κ1) is 14.2. The topological polar surface area (TPSA) is 50.7 Å². The van der Waals surface area contributed by atoms with E-state index in [0.29, 0.717) is 0 Å². The molecule has 0 unspecified atom stereocenters. The Bertz CT molecular complexity index is 557. The highest BCUT2D eigenvalue weighted by Crippen LogP contribution is 2.23. The van der Waals surface area contributed by atoms with Gasteiger partial charge >= 0.3 is 0 Å². The summed E-state index contributed by atoms with van der Waals surface area (Å²) >= 11 is 2.25. The number of anilines is 1. The molecule has 0 saturated heterocycles. The minimum absolute atomic E-state index is 0.762. The van der Waals surface area contributed by atoms with Crippen molar-refractivity contribution in [3.63, 3.8) is 0 Å². The highest BCUT2D eigenvalue weighted by Gasteiger charge is 2.09. The molecule has 0 bridgehead atoms. The van der Waals surface area contributed by atoms with E-state index in [1.54, 1.807) is 6.20 Å². The number of halogens is 1. The largest absolute Gasteiger partial charge is 0.369 e. The second-order valence-corrected chi connectivity index (χ2v) is 5.37. The summed E-state index contributed by atoms with van der Waals surface area (Å²) in [4.78, 5) is 13.2. The van der Waals surface area contributed by atoms with Crippen molar-refractivity contribution in [2.75, 3.05) is 11.9 Å². The second-order valence-electron chi connectivity index (χ2n) is 4.20. The highest BCUT2D eigenvalue weighted by atomic mass is 127. The lowest BCUT2D eigenvalue weighted by Gasteiger charge is -2.10.